The third-order valence-corrected chi connectivity index (χ3v) is 3.80. The summed E-state index contributed by atoms with van der Waals surface area (Å²) in [6.45, 7) is 0. The van der Waals surface area contributed by atoms with Gasteiger partial charge in [0.15, 0.2) is 0 Å². The maximum absolute atomic E-state index is 3.71. The van der Waals surface area contributed by atoms with E-state index in [9.17, 15) is 0 Å². The molecule has 2 atom stereocenters. The van der Waals surface area contributed by atoms with Gasteiger partial charge in [0.2, 0.25) is 0 Å². The largest absolute Gasteiger partial charge is 0.307 e. The highest BCUT2D eigenvalue weighted by Gasteiger charge is 2.18. The van der Waals surface area contributed by atoms with Crippen LogP contribution in [0.1, 0.15) is 25.7 Å². The highest BCUT2D eigenvalue weighted by Crippen LogP contribution is 2.19. The van der Waals surface area contributed by atoms with Gasteiger partial charge in [0.25, 0.3) is 0 Å². The van der Waals surface area contributed by atoms with Gasteiger partial charge in [-0.05, 0) is 31.4 Å². The molecule has 68 valence electrons. The molecule has 0 amide bonds. The molecule has 0 radical (unpaired) electrons. The van der Waals surface area contributed by atoms with Crippen molar-refractivity contribution in [3.8, 4) is 0 Å². The van der Waals surface area contributed by atoms with E-state index < -0.39 is 0 Å². The minimum absolute atomic E-state index is 0.683. The summed E-state index contributed by atoms with van der Waals surface area (Å²) in [5.74, 6) is 2.68. The van der Waals surface area contributed by atoms with Gasteiger partial charge < -0.3 is 5.32 Å². The van der Waals surface area contributed by atoms with E-state index >= 15 is 0 Å². The van der Waals surface area contributed by atoms with Crippen LogP contribution in [-0.4, -0.2) is 23.6 Å². The van der Waals surface area contributed by atoms with Gasteiger partial charge in [-0.1, -0.05) is 12.2 Å². The monoisotopic (exact) mass is 183 g/mol. The zero-order valence-corrected chi connectivity index (χ0v) is 8.28. The van der Waals surface area contributed by atoms with Crippen molar-refractivity contribution in [1.29, 1.82) is 0 Å². The first-order chi connectivity index (χ1) is 5.95. The third-order valence-electron chi connectivity index (χ3n) is 2.63. The number of hydrogen-bond donors (Lipinski definition) is 1. The van der Waals surface area contributed by atoms with Gasteiger partial charge in [-0.25, -0.2) is 0 Å². The smallest absolute Gasteiger partial charge is 0.0253 e. The van der Waals surface area contributed by atoms with Gasteiger partial charge in [-0.2, -0.15) is 11.8 Å². The lowest BCUT2D eigenvalue weighted by Gasteiger charge is -2.21. The molecule has 1 heterocycles. The highest BCUT2D eigenvalue weighted by atomic mass is 32.2. The Balaban J connectivity index is 1.77. The van der Waals surface area contributed by atoms with Gasteiger partial charge in [0, 0.05) is 17.8 Å². The van der Waals surface area contributed by atoms with Crippen LogP contribution in [0.25, 0.3) is 0 Å². The van der Waals surface area contributed by atoms with Crippen LogP contribution in [0.2, 0.25) is 0 Å². The molecular formula is C10H17NS. The number of hydrogen-bond acceptors (Lipinski definition) is 2. The van der Waals surface area contributed by atoms with E-state index in [-0.39, 0.29) is 0 Å². The maximum Gasteiger partial charge on any atom is 0.0253 e. The first kappa shape index (κ1) is 8.64. The molecule has 1 fully saturated rings. The van der Waals surface area contributed by atoms with Crippen molar-refractivity contribution in [1.82, 2.24) is 5.32 Å². The Morgan fingerprint density at radius 3 is 3.00 bits per heavy atom. The van der Waals surface area contributed by atoms with E-state index in [4.69, 9.17) is 0 Å². The number of thioether (sulfide) groups is 1. The second-order valence-corrected chi connectivity index (χ2v) is 4.84. The molecular weight excluding hydrogens is 166 g/mol. The lowest BCUT2D eigenvalue weighted by molar-refractivity contribution is 0.462. The van der Waals surface area contributed by atoms with Gasteiger partial charge in [0.05, 0.1) is 0 Å². The van der Waals surface area contributed by atoms with Crippen molar-refractivity contribution < 1.29 is 0 Å². The Labute approximate surface area is 79.0 Å². The summed E-state index contributed by atoms with van der Waals surface area (Å²) in [5, 5.41) is 3.71. The standard InChI is InChI=1S/C10H17NS/c1-2-4-9(5-3-1)11-10-6-7-12-8-10/h2,4,9-11H,1,3,5-8H2. The van der Waals surface area contributed by atoms with E-state index in [0.29, 0.717) is 6.04 Å². The molecule has 0 aromatic rings. The summed E-state index contributed by atoms with van der Waals surface area (Å²) in [7, 11) is 0. The van der Waals surface area contributed by atoms with E-state index in [2.05, 4.69) is 29.2 Å². The molecule has 2 unspecified atom stereocenters. The topological polar surface area (TPSA) is 12.0 Å². The minimum Gasteiger partial charge on any atom is -0.307 e. The predicted molar refractivity (Wildman–Crippen MR) is 55.6 cm³/mol. The Kier molecular flexibility index (Phi) is 3.12. The number of nitrogens with one attached hydrogen (secondary N) is 1. The van der Waals surface area contributed by atoms with E-state index in [1.54, 1.807) is 0 Å². The van der Waals surface area contributed by atoms with E-state index in [0.717, 1.165) is 6.04 Å². The fourth-order valence-electron chi connectivity index (χ4n) is 1.92. The molecule has 0 spiro atoms. The SMILES string of the molecule is C1=CC(NC2CCSC2)CCC1. The minimum atomic E-state index is 0.683. The molecule has 12 heavy (non-hydrogen) atoms. The van der Waals surface area contributed by atoms with Crippen molar-refractivity contribution in [2.75, 3.05) is 11.5 Å². The fourth-order valence-corrected chi connectivity index (χ4v) is 3.09. The molecule has 2 heteroatoms. The summed E-state index contributed by atoms with van der Waals surface area (Å²) in [6.07, 6.45) is 10.0. The van der Waals surface area contributed by atoms with Crippen LogP contribution in [0.15, 0.2) is 12.2 Å². The second-order valence-electron chi connectivity index (χ2n) is 3.69. The predicted octanol–water partition coefficient (Wildman–Crippen LogP) is 2.19. The van der Waals surface area contributed by atoms with Crippen LogP contribution in [-0.2, 0) is 0 Å². The van der Waals surface area contributed by atoms with Crippen molar-refractivity contribution in [3.63, 3.8) is 0 Å². The fraction of sp³-hybridized carbons (Fsp3) is 0.800. The van der Waals surface area contributed by atoms with Crippen LogP contribution < -0.4 is 5.32 Å². The quantitative estimate of drug-likeness (QED) is 0.659. The second kappa shape index (κ2) is 4.33. The first-order valence-electron chi connectivity index (χ1n) is 4.95. The molecule has 2 aliphatic rings. The van der Waals surface area contributed by atoms with E-state index in [1.165, 1.54) is 37.2 Å². The molecule has 1 aliphatic heterocycles. The molecule has 1 aliphatic carbocycles. The average molecular weight is 183 g/mol. The van der Waals surface area contributed by atoms with Crippen LogP contribution in [0.5, 0.6) is 0 Å². The van der Waals surface area contributed by atoms with Crippen LogP contribution in [0, 0.1) is 0 Å². The van der Waals surface area contributed by atoms with Crippen molar-refractivity contribution in [2.45, 2.75) is 37.8 Å². The van der Waals surface area contributed by atoms with Gasteiger partial charge in [0.1, 0.15) is 0 Å². The van der Waals surface area contributed by atoms with Crippen LogP contribution in [0.4, 0.5) is 0 Å². The lowest BCUT2D eigenvalue weighted by Crippen LogP contribution is -2.37. The van der Waals surface area contributed by atoms with Gasteiger partial charge in [-0.3, -0.25) is 0 Å². The first-order valence-corrected chi connectivity index (χ1v) is 6.11. The molecule has 1 nitrogen and oxygen atoms in total. The maximum atomic E-state index is 3.71. The molecule has 0 bridgehead atoms. The Bertz CT molecular complexity index is 161. The summed E-state index contributed by atoms with van der Waals surface area (Å²) >= 11 is 2.08. The van der Waals surface area contributed by atoms with Crippen molar-refractivity contribution in [3.05, 3.63) is 12.2 Å². The normalized spacial score (nSPS) is 35.7. The van der Waals surface area contributed by atoms with Gasteiger partial charge >= 0.3 is 0 Å². The van der Waals surface area contributed by atoms with Crippen LogP contribution >= 0.6 is 11.8 Å². The lowest BCUT2D eigenvalue weighted by atomic mass is 10.0. The summed E-state index contributed by atoms with van der Waals surface area (Å²) in [5.41, 5.74) is 0. The highest BCUT2D eigenvalue weighted by molar-refractivity contribution is 7.99. The van der Waals surface area contributed by atoms with Crippen molar-refractivity contribution in [2.24, 2.45) is 0 Å². The summed E-state index contributed by atoms with van der Waals surface area (Å²) < 4.78 is 0. The van der Waals surface area contributed by atoms with Crippen molar-refractivity contribution >= 4 is 11.8 Å². The molecule has 0 aromatic carbocycles. The Hall–Kier alpha value is 0.0500. The molecule has 0 saturated carbocycles. The number of allylic oxidation sites excluding steroid dienone is 1. The van der Waals surface area contributed by atoms with Crippen LogP contribution in [0.3, 0.4) is 0 Å². The van der Waals surface area contributed by atoms with Gasteiger partial charge in [-0.15, -0.1) is 0 Å². The Morgan fingerprint density at radius 1 is 1.33 bits per heavy atom. The zero-order chi connectivity index (χ0) is 8.23. The average Bonchev–Trinajstić information content (AvgIpc) is 2.59. The molecule has 1 saturated heterocycles. The molecule has 0 aromatic heterocycles. The third kappa shape index (κ3) is 2.27. The van der Waals surface area contributed by atoms with E-state index in [1.807, 2.05) is 0 Å². The Morgan fingerprint density at radius 2 is 2.33 bits per heavy atom. The number of rotatable bonds is 2. The molecule has 2 rings (SSSR count). The summed E-state index contributed by atoms with van der Waals surface area (Å²) in [6, 6.07) is 1.48. The molecule has 1 N–H and O–H groups in total. The summed E-state index contributed by atoms with van der Waals surface area (Å²) in [4.78, 5) is 0. The zero-order valence-electron chi connectivity index (χ0n) is 7.46.